The summed E-state index contributed by atoms with van der Waals surface area (Å²) in [5.74, 6) is 0. The zero-order chi connectivity index (χ0) is 17.4. The molecule has 2 rings (SSSR count). The molecule has 0 fully saturated rings. The number of rotatable bonds is 4. The van der Waals surface area contributed by atoms with Crippen LogP contribution < -0.4 is 11.5 Å². The minimum atomic E-state index is -0.698. The van der Waals surface area contributed by atoms with E-state index in [1.54, 1.807) is 12.1 Å². The predicted octanol–water partition coefficient (Wildman–Crippen LogP) is 2.99. The van der Waals surface area contributed by atoms with Gasteiger partial charge < -0.3 is 11.5 Å². The van der Waals surface area contributed by atoms with Gasteiger partial charge >= 0.3 is 0 Å². The van der Waals surface area contributed by atoms with Crippen LogP contribution in [0.3, 0.4) is 0 Å². The third-order valence-electron chi connectivity index (χ3n) is 3.90. The molecule has 0 unspecified atom stereocenters. The SMILES string of the molecule is CC(C)(c1ccc(N)c([N+](=O)[O-])c1)c1ccc(N)c([N+](=O)[O-])c1. The smallest absolute Gasteiger partial charge is 0.292 e. The van der Waals surface area contributed by atoms with Gasteiger partial charge in [0.25, 0.3) is 11.4 Å². The molecule has 23 heavy (non-hydrogen) atoms. The van der Waals surface area contributed by atoms with Crippen molar-refractivity contribution < 1.29 is 9.85 Å². The predicted molar refractivity (Wildman–Crippen MR) is 87.1 cm³/mol. The van der Waals surface area contributed by atoms with E-state index in [4.69, 9.17) is 11.5 Å². The fraction of sp³-hybridized carbons (Fsp3) is 0.200. The Balaban J connectivity index is 2.58. The van der Waals surface area contributed by atoms with Crippen LogP contribution in [0.25, 0.3) is 0 Å². The standard InChI is InChI=1S/C15H16N4O4/c1-15(2,9-3-5-11(16)13(7-9)18(20)21)10-4-6-12(17)14(8-10)19(22)23/h3-8H,16-17H2,1-2H3. The Bertz CT molecular complexity index is 737. The maximum Gasteiger partial charge on any atom is 0.292 e. The summed E-state index contributed by atoms with van der Waals surface area (Å²) in [7, 11) is 0. The van der Waals surface area contributed by atoms with Gasteiger partial charge in [0.05, 0.1) is 9.85 Å². The van der Waals surface area contributed by atoms with E-state index in [0.717, 1.165) is 0 Å². The van der Waals surface area contributed by atoms with Gasteiger partial charge in [-0.25, -0.2) is 0 Å². The van der Waals surface area contributed by atoms with Gasteiger partial charge in [-0.1, -0.05) is 26.0 Å². The number of nitrogens with zero attached hydrogens (tertiary/aromatic N) is 2. The molecule has 2 aromatic rings. The third kappa shape index (κ3) is 2.91. The number of hydrogen-bond donors (Lipinski definition) is 2. The first kappa shape index (κ1) is 16.2. The summed E-state index contributed by atoms with van der Waals surface area (Å²) in [6.07, 6.45) is 0. The molecule has 8 heteroatoms. The highest BCUT2D eigenvalue weighted by Gasteiger charge is 2.28. The Hall–Kier alpha value is -3.16. The summed E-state index contributed by atoms with van der Waals surface area (Å²) in [6, 6.07) is 9.03. The second kappa shape index (κ2) is 5.56. The number of anilines is 2. The molecule has 0 spiro atoms. The Morgan fingerprint density at radius 2 is 1.17 bits per heavy atom. The van der Waals surface area contributed by atoms with Crippen molar-refractivity contribution in [3.8, 4) is 0 Å². The molecule has 4 N–H and O–H groups in total. The van der Waals surface area contributed by atoms with Gasteiger partial charge in [-0.15, -0.1) is 0 Å². The molecule has 0 aliphatic carbocycles. The van der Waals surface area contributed by atoms with Crippen molar-refractivity contribution in [3.05, 3.63) is 67.8 Å². The lowest BCUT2D eigenvalue weighted by Gasteiger charge is -2.26. The summed E-state index contributed by atoms with van der Waals surface area (Å²) in [6.45, 7) is 3.63. The normalized spacial score (nSPS) is 11.2. The molecular formula is C15H16N4O4. The average molecular weight is 316 g/mol. The molecule has 0 aromatic heterocycles. The van der Waals surface area contributed by atoms with Crippen LogP contribution in [0.15, 0.2) is 36.4 Å². The van der Waals surface area contributed by atoms with E-state index in [0.29, 0.717) is 11.1 Å². The minimum Gasteiger partial charge on any atom is -0.393 e. The van der Waals surface area contributed by atoms with E-state index in [1.807, 2.05) is 13.8 Å². The molecule has 0 bridgehead atoms. The van der Waals surface area contributed by atoms with Crippen LogP contribution in [0, 0.1) is 20.2 Å². The highest BCUT2D eigenvalue weighted by molar-refractivity contribution is 5.63. The molecule has 8 nitrogen and oxygen atoms in total. The topological polar surface area (TPSA) is 138 Å². The first-order valence-corrected chi connectivity index (χ1v) is 6.73. The number of nitro groups is 2. The molecular weight excluding hydrogens is 300 g/mol. The maximum absolute atomic E-state index is 11.0. The molecule has 0 aliphatic rings. The highest BCUT2D eigenvalue weighted by atomic mass is 16.6. The van der Waals surface area contributed by atoms with Crippen LogP contribution in [0.1, 0.15) is 25.0 Å². The van der Waals surface area contributed by atoms with Crippen LogP contribution in [0.4, 0.5) is 22.7 Å². The Morgan fingerprint density at radius 1 is 0.826 bits per heavy atom. The summed E-state index contributed by atoms with van der Waals surface area (Å²) in [5, 5.41) is 22.1. The van der Waals surface area contributed by atoms with Gasteiger partial charge in [-0.2, -0.15) is 0 Å². The first-order chi connectivity index (χ1) is 10.6. The fourth-order valence-corrected chi connectivity index (χ4v) is 2.35. The lowest BCUT2D eigenvalue weighted by atomic mass is 9.77. The van der Waals surface area contributed by atoms with Crippen molar-refractivity contribution in [3.63, 3.8) is 0 Å². The highest BCUT2D eigenvalue weighted by Crippen LogP contribution is 2.37. The summed E-state index contributed by atoms with van der Waals surface area (Å²) >= 11 is 0. The van der Waals surface area contributed by atoms with Crippen LogP contribution in [-0.4, -0.2) is 9.85 Å². The Kier molecular flexibility index (Phi) is 3.92. The fourth-order valence-electron chi connectivity index (χ4n) is 2.35. The number of nitrogens with two attached hydrogens (primary N) is 2. The number of hydrogen-bond acceptors (Lipinski definition) is 6. The Labute approximate surface area is 132 Å². The number of nitrogen functional groups attached to an aromatic ring is 2. The van der Waals surface area contributed by atoms with Crippen molar-refractivity contribution in [1.29, 1.82) is 0 Å². The molecule has 0 saturated heterocycles. The van der Waals surface area contributed by atoms with E-state index in [-0.39, 0.29) is 22.7 Å². The van der Waals surface area contributed by atoms with Crippen LogP contribution >= 0.6 is 0 Å². The third-order valence-corrected chi connectivity index (χ3v) is 3.90. The molecule has 0 amide bonds. The second-order valence-electron chi connectivity index (χ2n) is 5.69. The van der Waals surface area contributed by atoms with E-state index >= 15 is 0 Å². The lowest BCUT2D eigenvalue weighted by Crippen LogP contribution is -2.19. The van der Waals surface area contributed by atoms with Gasteiger partial charge in [0.2, 0.25) is 0 Å². The number of nitro benzene ring substituents is 2. The van der Waals surface area contributed by atoms with E-state index in [2.05, 4.69) is 0 Å². The monoisotopic (exact) mass is 316 g/mol. The molecule has 0 aliphatic heterocycles. The van der Waals surface area contributed by atoms with Gasteiger partial charge in [-0.05, 0) is 23.3 Å². The largest absolute Gasteiger partial charge is 0.393 e. The van der Waals surface area contributed by atoms with Gasteiger partial charge in [0, 0.05) is 17.5 Å². The Morgan fingerprint density at radius 3 is 1.48 bits per heavy atom. The zero-order valence-corrected chi connectivity index (χ0v) is 12.6. The molecule has 2 aromatic carbocycles. The molecule has 0 saturated carbocycles. The van der Waals surface area contributed by atoms with Crippen molar-refractivity contribution >= 4 is 22.7 Å². The van der Waals surface area contributed by atoms with Crippen LogP contribution in [0.2, 0.25) is 0 Å². The molecule has 0 radical (unpaired) electrons. The van der Waals surface area contributed by atoms with E-state index in [9.17, 15) is 20.2 Å². The summed E-state index contributed by atoms with van der Waals surface area (Å²) in [4.78, 5) is 21.0. The van der Waals surface area contributed by atoms with E-state index in [1.165, 1.54) is 24.3 Å². The lowest BCUT2D eigenvalue weighted by molar-refractivity contribution is -0.384. The van der Waals surface area contributed by atoms with Crippen molar-refractivity contribution in [1.82, 2.24) is 0 Å². The molecule has 0 heterocycles. The zero-order valence-electron chi connectivity index (χ0n) is 12.6. The minimum absolute atomic E-state index is 0.0674. The average Bonchev–Trinajstić information content (AvgIpc) is 2.47. The van der Waals surface area contributed by atoms with Crippen LogP contribution in [-0.2, 0) is 5.41 Å². The summed E-state index contributed by atoms with van der Waals surface area (Å²) < 4.78 is 0. The van der Waals surface area contributed by atoms with Crippen molar-refractivity contribution in [2.24, 2.45) is 0 Å². The second-order valence-corrected chi connectivity index (χ2v) is 5.69. The van der Waals surface area contributed by atoms with Crippen LogP contribution in [0.5, 0.6) is 0 Å². The summed E-state index contributed by atoms with van der Waals surface area (Å²) in [5.41, 5.74) is 11.5. The van der Waals surface area contributed by atoms with Gasteiger partial charge in [-0.3, -0.25) is 20.2 Å². The van der Waals surface area contributed by atoms with Gasteiger partial charge in [0.15, 0.2) is 0 Å². The molecule has 0 atom stereocenters. The number of benzene rings is 2. The van der Waals surface area contributed by atoms with Gasteiger partial charge in [0.1, 0.15) is 11.4 Å². The molecule has 120 valence electrons. The van der Waals surface area contributed by atoms with E-state index < -0.39 is 15.3 Å². The van der Waals surface area contributed by atoms with Crippen molar-refractivity contribution in [2.75, 3.05) is 11.5 Å². The first-order valence-electron chi connectivity index (χ1n) is 6.73. The quantitative estimate of drug-likeness (QED) is 0.505. The maximum atomic E-state index is 11.0. The van der Waals surface area contributed by atoms with Crippen molar-refractivity contribution in [2.45, 2.75) is 19.3 Å².